The number of anilines is 1. The van der Waals surface area contributed by atoms with Crippen molar-refractivity contribution in [2.75, 3.05) is 5.32 Å². The highest BCUT2D eigenvalue weighted by Crippen LogP contribution is 2.23. The first-order chi connectivity index (χ1) is 8.43. The Morgan fingerprint density at radius 2 is 2.17 bits per heavy atom. The van der Waals surface area contributed by atoms with Gasteiger partial charge in [0.05, 0.1) is 29.8 Å². The summed E-state index contributed by atoms with van der Waals surface area (Å²) in [4.78, 5) is 22.3. The molecule has 0 heterocycles. The van der Waals surface area contributed by atoms with Crippen molar-refractivity contribution >= 4 is 33.4 Å². The average Bonchev–Trinajstić information content (AvgIpc) is 2.30. The van der Waals surface area contributed by atoms with Gasteiger partial charge >= 0.3 is 0 Å². The molecule has 0 fully saturated rings. The number of nitrogens with two attached hydrogens (primary N) is 2. The second-order valence-electron chi connectivity index (χ2n) is 3.57. The quantitative estimate of drug-likeness (QED) is 0.747. The zero-order valence-corrected chi connectivity index (χ0v) is 10.9. The Morgan fingerprint density at radius 1 is 1.50 bits per heavy atom. The van der Waals surface area contributed by atoms with Crippen LogP contribution in [0.15, 0.2) is 22.7 Å². The highest BCUT2D eigenvalue weighted by Gasteiger charge is 2.16. The number of carbonyl (C=O) groups excluding carboxylic acids is 2. The summed E-state index contributed by atoms with van der Waals surface area (Å²) in [5.41, 5.74) is 11.4. The maximum atomic E-state index is 11.6. The number of rotatable bonds is 4. The van der Waals surface area contributed by atoms with Gasteiger partial charge in [-0.25, -0.2) is 0 Å². The number of halogens is 1. The zero-order chi connectivity index (χ0) is 13.7. The van der Waals surface area contributed by atoms with Gasteiger partial charge in [-0.05, 0) is 34.1 Å². The van der Waals surface area contributed by atoms with Crippen LogP contribution >= 0.6 is 15.9 Å². The van der Waals surface area contributed by atoms with Crippen LogP contribution in [0.25, 0.3) is 0 Å². The number of primary amides is 1. The molecule has 18 heavy (non-hydrogen) atoms. The first-order valence-corrected chi connectivity index (χ1v) is 5.77. The molecule has 0 aliphatic rings. The normalized spacial score (nSPS) is 11.4. The Kier molecular flexibility index (Phi) is 4.83. The molecule has 1 atom stereocenters. The summed E-state index contributed by atoms with van der Waals surface area (Å²) in [6.07, 6.45) is -0.222. The molecular formula is C11H11BrN4O2. The van der Waals surface area contributed by atoms with Gasteiger partial charge in [0, 0.05) is 4.47 Å². The third kappa shape index (κ3) is 3.84. The van der Waals surface area contributed by atoms with E-state index in [0.717, 1.165) is 0 Å². The third-order valence-corrected chi connectivity index (χ3v) is 2.77. The summed E-state index contributed by atoms with van der Waals surface area (Å²) < 4.78 is 0.557. The third-order valence-electron chi connectivity index (χ3n) is 2.11. The molecule has 1 aromatic rings. The van der Waals surface area contributed by atoms with Gasteiger partial charge in [-0.15, -0.1) is 0 Å². The summed E-state index contributed by atoms with van der Waals surface area (Å²) in [6.45, 7) is 0. The van der Waals surface area contributed by atoms with E-state index in [9.17, 15) is 9.59 Å². The standard InChI is InChI=1S/C11H11BrN4O2/c12-7-3-6(5-13)1-2-9(7)16-11(18)8(14)4-10(15)17/h1-3,8H,4,14H2,(H2,15,17)(H,16,18). The Bertz CT molecular complexity index is 524. The number of nitrogens with zero attached hydrogens (tertiary/aromatic N) is 1. The molecule has 0 aromatic heterocycles. The molecule has 94 valence electrons. The topological polar surface area (TPSA) is 122 Å². The van der Waals surface area contributed by atoms with Gasteiger partial charge in [-0.1, -0.05) is 0 Å². The summed E-state index contributed by atoms with van der Waals surface area (Å²) in [7, 11) is 0. The molecular weight excluding hydrogens is 300 g/mol. The molecule has 0 aliphatic carbocycles. The number of hydrogen-bond acceptors (Lipinski definition) is 4. The van der Waals surface area contributed by atoms with Gasteiger partial charge in [-0.3, -0.25) is 9.59 Å². The minimum absolute atomic E-state index is 0.222. The van der Waals surface area contributed by atoms with Crippen LogP contribution in [0.2, 0.25) is 0 Å². The number of benzene rings is 1. The van der Waals surface area contributed by atoms with E-state index >= 15 is 0 Å². The summed E-state index contributed by atoms with van der Waals surface area (Å²) in [5, 5.41) is 11.2. The highest BCUT2D eigenvalue weighted by atomic mass is 79.9. The van der Waals surface area contributed by atoms with Crippen LogP contribution in [0.5, 0.6) is 0 Å². The largest absolute Gasteiger partial charge is 0.370 e. The van der Waals surface area contributed by atoms with E-state index in [2.05, 4.69) is 21.2 Å². The molecule has 0 radical (unpaired) electrons. The number of hydrogen-bond donors (Lipinski definition) is 3. The lowest BCUT2D eigenvalue weighted by molar-refractivity contribution is -0.123. The second-order valence-corrected chi connectivity index (χ2v) is 4.43. The van der Waals surface area contributed by atoms with Crippen molar-refractivity contribution in [3.05, 3.63) is 28.2 Å². The van der Waals surface area contributed by atoms with E-state index in [1.165, 1.54) is 0 Å². The maximum Gasteiger partial charge on any atom is 0.241 e. The van der Waals surface area contributed by atoms with E-state index < -0.39 is 17.9 Å². The number of amides is 2. The zero-order valence-electron chi connectivity index (χ0n) is 9.31. The van der Waals surface area contributed by atoms with Crippen molar-refractivity contribution in [3.8, 4) is 6.07 Å². The molecule has 1 rings (SSSR count). The first-order valence-electron chi connectivity index (χ1n) is 4.98. The molecule has 0 bridgehead atoms. The van der Waals surface area contributed by atoms with E-state index in [-0.39, 0.29) is 6.42 Å². The minimum atomic E-state index is -0.995. The fourth-order valence-corrected chi connectivity index (χ4v) is 1.70. The number of nitriles is 1. The second kappa shape index (κ2) is 6.14. The molecule has 6 nitrogen and oxygen atoms in total. The fourth-order valence-electron chi connectivity index (χ4n) is 1.22. The smallest absolute Gasteiger partial charge is 0.241 e. The van der Waals surface area contributed by atoms with Gasteiger partial charge in [0.1, 0.15) is 0 Å². The average molecular weight is 311 g/mol. The van der Waals surface area contributed by atoms with E-state index in [0.29, 0.717) is 15.7 Å². The van der Waals surface area contributed by atoms with Crippen molar-refractivity contribution in [2.24, 2.45) is 11.5 Å². The van der Waals surface area contributed by atoms with Crippen LogP contribution in [0, 0.1) is 11.3 Å². The predicted octanol–water partition coefficient (Wildman–Crippen LogP) is 0.462. The SMILES string of the molecule is N#Cc1ccc(NC(=O)C(N)CC(N)=O)c(Br)c1. The minimum Gasteiger partial charge on any atom is -0.370 e. The first kappa shape index (κ1) is 14.2. The van der Waals surface area contributed by atoms with Gasteiger partial charge < -0.3 is 16.8 Å². The molecule has 1 unspecified atom stereocenters. The number of nitrogens with one attached hydrogen (secondary N) is 1. The van der Waals surface area contributed by atoms with Gasteiger partial charge in [0.15, 0.2) is 0 Å². The van der Waals surface area contributed by atoms with Crippen LogP contribution in [0.3, 0.4) is 0 Å². The predicted molar refractivity (Wildman–Crippen MR) is 69.3 cm³/mol. The number of carbonyl (C=O) groups is 2. The Morgan fingerprint density at radius 3 is 2.67 bits per heavy atom. The van der Waals surface area contributed by atoms with Gasteiger partial charge in [0.25, 0.3) is 0 Å². The molecule has 5 N–H and O–H groups in total. The molecule has 2 amide bonds. The molecule has 0 saturated carbocycles. The summed E-state index contributed by atoms with van der Waals surface area (Å²) in [5.74, 6) is -1.16. The molecule has 0 spiro atoms. The molecule has 7 heteroatoms. The molecule has 0 aliphatic heterocycles. The summed E-state index contributed by atoms with van der Waals surface area (Å²) >= 11 is 3.22. The van der Waals surface area contributed by atoms with Crippen LogP contribution in [-0.4, -0.2) is 17.9 Å². The van der Waals surface area contributed by atoms with Gasteiger partial charge in [-0.2, -0.15) is 5.26 Å². The Labute approximate surface area is 112 Å². The van der Waals surface area contributed by atoms with Gasteiger partial charge in [0.2, 0.25) is 11.8 Å². The van der Waals surface area contributed by atoms with Crippen molar-refractivity contribution in [2.45, 2.75) is 12.5 Å². The highest BCUT2D eigenvalue weighted by molar-refractivity contribution is 9.10. The molecule has 1 aromatic carbocycles. The van der Waals surface area contributed by atoms with Crippen molar-refractivity contribution in [1.82, 2.24) is 0 Å². The van der Waals surface area contributed by atoms with E-state index in [4.69, 9.17) is 16.7 Å². The monoisotopic (exact) mass is 310 g/mol. The van der Waals surface area contributed by atoms with Crippen LogP contribution in [-0.2, 0) is 9.59 Å². The van der Waals surface area contributed by atoms with E-state index in [1.54, 1.807) is 18.2 Å². The van der Waals surface area contributed by atoms with Crippen LogP contribution in [0.1, 0.15) is 12.0 Å². The molecule has 0 saturated heterocycles. The lowest BCUT2D eigenvalue weighted by Gasteiger charge is -2.11. The maximum absolute atomic E-state index is 11.6. The fraction of sp³-hybridized carbons (Fsp3) is 0.182. The lowest BCUT2D eigenvalue weighted by Crippen LogP contribution is -2.39. The lowest BCUT2D eigenvalue weighted by atomic mass is 10.2. The Balaban J connectivity index is 2.76. The Hall–Kier alpha value is -1.91. The van der Waals surface area contributed by atoms with Crippen LogP contribution < -0.4 is 16.8 Å². The van der Waals surface area contributed by atoms with Crippen molar-refractivity contribution in [3.63, 3.8) is 0 Å². The van der Waals surface area contributed by atoms with Crippen molar-refractivity contribution < 1.29 is 9.59 Å². The summed E-state index contributed by atoms with van der Waals surface area (Å²) in [6, 6.07) is 5.66. The van der Waals surface area contributed by atoms with Crippen LogP contribution in [0.4, 0.5) is 5.69 Å². The van der Waals surface area contributed by atoms with Crippen molar-refractivity contribution in [1.29, 1.82) is 5.26 Å². The van der Waals surface area contributed by atoms with E-state index in [1.807, 2.05) is 6.07 Å².